The maximum atomic E-state index is 12.4. The van der Waals surface area contributed by atoms with Gasteiger partial charge in [-0.05, 0) is 31.9 Å². The van der Waals surface area contributed by atoms with Crippen molar-refractivity contribution in [3.63, 3.8) is 0 Å². The Morgan fingerprint density at radius 3 is 2.86 bits per heavy atom. The molecule has 21 heavy (non-hydrogen) atoms. The molecular formula is C13H13ClN2O3S2. The molecule has 112 valence electrons. The minimum Gasteiger partial charge on any atom is -0.301 e. The summed E-state index contributed by atoms with van der Waals surface area (Å²) in [5, 5.41) is 3.50. The number of para-hydroxylation sites is 1. The Hall–Kier alpha value is -1.18. The van der Waals surface area contributed by atoms with Crippen molar-refractivity contribution in [2.75, 3.05) is 11.1 Å². The Morgan fingerprint density at radius 2 is 2.24 bits per heavy atom. The summed E-state index contributed by atoms with van der Waals surface area (Å²) in [6, 6.07) is 5.37. The van der Waals surface area contributed by atoms with Gasteiger partial charge in [0, 0.05) is 0 Å². The summed E-state index contributed by atoms with van der Waals surface area (Å²) >= 11 is 7.32. The minimum atomic E-state index is -3.41. The Kier molecular flexibility index (Phi) is 3.46. The number of carbonyl (C=O) groups excluding carboxylic acids is 1. The second-order valence-corrected chi connectivity index (χ2v) is 9.19. The molecule has 1 aliphatic rings. The van der Waals surface area contributed by atoms with E-state index < -0.39 is 20.5 Å². The van der Waals surface area contributed by atoms with E-state index in [1.54, 1.807) is 12.1 Å². The average molecular weight is 345 g/mol. The number of nitrogens with zero attached hydrogens (tertiary/aromatic N) is 1. The smallest absolute Gasteiger partial charge is 0.247 e. The molecule has 3 rings (SSSR count). The molecular weight excluding hydrogens is 332 g/mol. The highest BCUT2D eigenvalue weighted by atomic mass is 35.5. The first-order chi connectivity index (χ1) is 9.83. The van der Waals surface area contributed by atoms with Crippen LogP contribution in [0.3, 0.4) is 0 Å². The largest absolute Gasteiger partial charge is 0.301 e. The zero-order chi connectivity index (χ0) is 15.3. The molecule has 0 radical (unpaired) electrons. The number of anilines is 1. The number of nitrogens with one attached hydrogen (secondary N) is 1. The molecule has 1 aromatic carbocycles. The molecule has 5 nitrogen and oxygen atoms in total. The van der Waals surface area contributed by atoms with Gasteiger partial charge >= 0.3 is 0 Å². The lowest BCUT2D eigenvalue weighted by molar-refractivity contribution is -0.118. The first-order valence-corrected chi connectivity index (χ1v) is 9.27. The molecule has 0 saturated carbocycles. The maximum Gasteiger partial charge on any atom is 0.247 e. The lowest BCUT2D eigenvalue weighted by Gasteiger charge is -2.20. The van der Waals surface area contributed by atoms with Crippen LogP contribution in [0.5, 0.6) is 0 Å². The number of rotatable bonds is 2. The highest BCUT2D eigenvalue weighted by Gasteiger charge is 2.49. The molecule has 2 aromatic rings. The summed E-state index contributed by atoms with van der Waals surface area (Å²) in [6.45, 7) is 1.48. The van der Waals surface area contributed by atoms with E-state index in [1.807, 2.05) is 6.07 Å². The van der Waals surface area contributed by atoms with E-state index >= 15 is 0 Å². The van der Waals surface area contributed by atoms with E-state index in [4.69, 9.17) is 11.6 Å². The van der Waals surface area contributed by atoms with Gasteiger partial charge in [0.25, 0.3) is 0 Å². The number of hydrogen-bond acceptors (Lipinski definition) is 5. The SMILES string of the molecule is CC1(C(=O)Nc2nc3c(Cl)cccc3s2)CCCS1(=O)=O. The van der Waals surface area contributed by atoms with Gasteiger partial charge in [0.15, 0.2) is 15.0 Å². The highest BCUT2D eigenvalue weighted by Crippen LogP contribution is 2.35. The van der Waals surface area contributed by atoms with E-state index in [0.29, 0.717) is 28.5 Å². The first kappa shape index (κ1) is 14.7. The normalized spacial score (nSPS) is 24.3. The van der Waals surface area contributed by atoms with Gasteiger partial charge in [-0.15, -0.1) is 0 Å². The lowest BCUT2D eigenvalue weighted by atomic mass is 10.1. The molecule has 1 amide bonds. The van der Waals surface area contributed by atoms with Gasteiger partial charge in [-0.2, -0.15) is 0 Å². The van der Waals surface area contributed by atoms with Crippen molar-refractivity contribution < 1.29 is 13.2 Å². The summed E-state index contributed by atoms with van der Waals surface area (Å²) in [7, 11) is -3.41. The summed E-state index contributed by atoms with van der Waals surface area (Å²) < 4.78 is 23.6. The average Bonchev–Trinajstić information content (AvgIpc) is 2.93. The Balaban J connectivity index is 1.92. The van der Waals surface area contributed by atoms with E-state index in [1.165, 1.54) is 18.3 Å². The fourth-order valence-corrected chi connectivity index (χ4v) is 5.36. The molecule has 1 saturated heterocycles. The van der Waals surface area contributed by atoms with Crippen LogP contribution in [0.15, 0.2) is 18.2 Å². The molecule has 1 atom stereocenters. The van der Waals surface area contributed by atoms with Gasteiger partial charge in [0.1, 0.15) is 10.3 Å². The standard InChI is InChI=1S/C13H13ClN2O3S2/c1-13(6-3-7-21(13,18)19)11(17)16-12-15-10-8(14)4-2-5-9(10)20-12/h2,4-5H,3,6-7H2,1H3,(H,15,16,17). The van der Waals surface area contributed by atoms with Crippen LogP contribution in [0, 0.1) is 0 Å². The number of sulfone groups is 1. The Labute approximate surface area is 131 Å². The van der Waals surface area contributed by atoms with Crippen LogP contribution in [0.1, 0.15) is 19.8 Å². The summed E-state index contributed by atoms with van der Waals surface area (Å²) in [5.74, 6) is -0.460. The third kappa shape index (κ3) is 2.33. The van der Waals surface area contributed by atoms with E-state index in [2.05, 4.69) is 10.3 Å². The summed E-state index contributed by atoms with van der Waals surface area (Å²) in [4.78, 5) is 16.6. The van der Waals surface area contributed by atoms with Crippen molar-refractivity contribution in [1.82, 2.24) is 4.98 Å². The molecule has 0 aliphatic carbocycles. The molecule has 1 unspecified atom stereocenters. The topological polar surface area (TPSA) is 76.1 Å². The lowest BCUT2D eigenvalue weighted by Crippen LogP contribution is -2.44. The summed E-state index contributed by atoms with van der Waals surface area (Å²) in [6.07, 6.45) is 0.852. The fourth-order valence-electron chi connectivity index (χ4n) is 2.43. The zero-order valence-corrected chi connectivity index (χ0v) is 13.6. The number of fused-ring (bicyclic) bond motifs is 1. The van der Waals surface area contributed by atoms with Gasteiger partial charge in [-0.25, -0.2) is 13.4 Å². The van der Waals surface area contributed by atoms with Gasteiger partial charge in [0.2, 0.25) is 5.91 Å². The van der Waals surface area contributed by atoms with Gasteiger partial charge in [-0.3, -0.25) is 4.79 Å². The number of thiazole rings is 1. The molecule has 1 N–H and O–H groups in total. The number of amides is 1. The molecule has 1 aromatic heterocycles. The monoisotopic (exact) mass is 344 g/mol. The molecule has 0 bridgehead atoms. The van der Waals surface area contributed by atoms with Crippen molar-refractivity contribution >= 4 is 54.0 Å². The molecule has 8 heteroatoms. The third-order valence-corrected chi connectivity index (χ3v) is 7.65. The Bertz CT molecular complexity index is 831. The van der Waals surface area contributed by atoms with Crippen LogP contribution in [-0.4, -0.2) is 29.8 Å². The number of hydrogen-bond donors (Lipinski definition) is 1. The van der Waals surface area contributed by atoms with Crippen molar-refractivity contribution in [3.05, 3.63) is 23.2 Å². The van der Waals surface area contributed by atoms with Crippen LogP contribution in [0.4, 0.5) is 5.13 Å². The van der Waals surface area contributed by atoms with Gasteiger partial charge in [-0.1, -0.05) is 29.0 Å². The first-order valence-electron chi connectivity index (χ1n) is 6.42. The highest BCUT2D eigenvalue weighted by molar-refractivity contribution is 7.93. The van der Waals surface area contributed by atoms with Crippen molar-refractivity contribution in [2.24, 2.45) is 0 Å². The van der Waals surface area contributed by atoms with Gasteiger partial charge in [0.05, 0.1) is 15.5 Å². The number of aromatic nitrogens is 1. The van der Waals surface area contributed by atoms with Gasteiger partial charge < -0.3 is 5.32 Å². The number of halogens is 1. The zero-order valence-electron chi connectivity index (χ0n) is 11.2. The van der Waals surface area contributed by atoms with Crippen LogP contribution in [0.2, 0.25) is 5.02 Å². The van der Waals surface area contributed by atoms with Crippen molar-refractivity contribution in [1.29, 1.82) is 0 Å². The maximum absolute atomic E-state index is 12.4. The van der Waals surface area contributed by atoms with Crippen molar-refractivity contribution in [3.8, 4) is 0 Å². The van der Waals surface area contributed by atoms with Crippen LogP contribution < -0.4 is 5.32 Å². The van der Waals surface area contributed by atoms with Crippen molar-refractivity contribution in [2.45, 2.75) is 24.5 Å². The summed E-state index contributed by atoms with van der Waals surface area (Å²) in [5.41, 5.74) is 0.610. The Morgan fingerprint density at radius 1 is 1.48 bits per heavy atom. The molecule has 2 heterocycles. The second-order valence-electron chi connectivity index (χ2n) is 5.21. The fraction of sp³-hybridized carbons (Fsp3) is 0.385. The van der Waals surface area contributed by atoms with Crippen LogP contribution in [-0.2, 0) is 14.6 Å². The minimum absolute atomic E-state index is 0.0581. The van der Waals surface area contributed by atoms with Crippen LogP contribution >= 0.6 is 22.9 Å². The van der Waals surface area contributed by atoms with Crippen LogP contribution in [0.25, 0.3) is 10.2 Å². The predicted octanol–water partition coefficient (Wildman–Crippen LogP) is 2.86. The quantitative estimate of drug-likeness (QED) is 0.908. The van der Waals surface area contributed by atoms with E-state index in [0.717, 1.165) is 4.70 Å². The van der Waals surface area contributed by atoms with E-state index in [9.17, 15) is 13.2 Å². The molecule has 0 spiro atoms. The third-order valence-electron chi connectivity index (χ3n) is 3.82. The molecule has 1 aliphatic heterocycles. The number of benzene rings is 1. The number of carbonyl (C=O) groups is 1. The molecule has 1 fully saturated rings. The van der Waals surface area contributed by atoms with E-state index in [-0.39, 0.29) is 5.75 Å². The second kappa shape index (κ2) is 4.93. The predicted molar refractivity (Wildman–Crippen MR) is 84.7 cm³/mol.